The molecule has 0 aromatic heterocycles. The maximum absolute atomic E-state index is 12.4. The van der Waals surface area contributed by atoms with Crippen LogP contribution in [0.3, 0.4) is 0 Å². The summed E-state index contributed by atoms with van der Waals surface area (Å²) in [6.45, 7) is -0.202. The molecule has 0 saturated carbocycles. The predicted octanol–water partition coefficient (Wildman–Crippen LogP) is 2.06. The molecule has 0 amide bonds. The molecule has 0 spiro atoms. The van der Waals surface area contributed by atoms with Crippen molar-refractivity contribution < 1.29 is 27.9 Å². The van der Waals surface area contributed by atoms with Gasteiger partial charge in [-0.1, -0.05) is 18.2 Å². The molecule has 1 aliphatic carbocycles. The van der Waals surface area contributed by atoms with E-state index in [0.717, 1.165) is 0 Å². The molecule has 0 saturated heterocycles. The minimum atomic E-state index is -4.98. The van der Waals surface area contributed by atoms with E-state index in [1.165, 1.54) is 12.1 Å². The van der Waals surface area contributed by atoms with Crippen molar-refractivity contribution in [2.75, 3.05) is 0 Å². The highest BCUT2D eigenvalue weighted by molar-refractivity contribution is 6.13. The number of halogens is 3. The Morgan fingerprint density at radius 1 is 1.37 bits per heavy atom. The van der Waals surface area contributed by atoms with Crippen molar-refractivity contribution in [3.63, 3.8) is 0 Å². The van der Waals surface area contributed by atoms with Gasteiger partial charge in [0.15, 0.2) is 5.78 Å². The van der Waals surface area contributed by atoms with E-state index >= 15 is 0 Å². The van der Waals surface area contributed by atoms with Crippen molar-refractivity contribution in [2.24, 2.45) is 5.92 Å². The van der Waals surface area contributed by atoms with Gasteiger partial charge in [-0.25, -0.2) is 0 Å². The van der Waals surface area contributed by atoms with Gasteiger partial charge in [-0.2, -0.15) is 13.2 Å². The first-order chi connectivity index (χ1) is 8.84. The molecule has 1 aromatic rings. The van der Waals surface area contributed by atoms with Gasteiger partial charge in [0.25, 0.3) is 0 Å². The van der Waals surface area contributed by atoms with Crippen LogP contribution < -0.4 is 0 Å². The van der Waals surface area contributed by atoms with Crippen LogP contribution in [0.4, 0.5) is 13.2 Å². The smallest absolute Gasteiger partial charge is 0.392 e. The van der Waals surface area contributed by atoms with Crippen LogP contribution in [0, 0.1) is 5.92 Å². The number of aliphatic hydroxyl groups excluding tert-OH is 1. The maximum Gasteiger partial charge on any atom is 0.450 e. The summed E-state index contributed by atoms with van der Waals surface area (Å²) in [5.74, 6) is -4.39. The van der Waals surface area contributed by atoms with Crippen LogP contribution in [-0.4, -0.2) is 22.8 Å². The molecule has 0 aliphatic heterocycles. The van der Waals surface area contributed by atoms with E-state index in [4.69, 9.17) is 5.11 Å². The summed E-state index contributed by atoms with van der Waals surface area (Å²) in [6.07, 6.45) is -4.90. The lowest BCUT2D eigenvalue weighted by molar-refractivity contribution is -0.174. The van der Waals surface area contributed by atoms with Crippen molar-refractivity contribution in [2.45, 2.75) is 25.6 Å². The molecular weight excluding hydrogens is 261 g/mol. The lowest BCUT2D eigenvalue weighted by atomic mass is 9.80. The van der Waals surface area contributed by atoms with Crippen molar-refractivity contribution in [1.82, 2.24) is 0 Å². The third-order valence-electron chi connectivity index (χ3n) is 3.23. The number of ketones is 2. The van der Waals surface area contributed by atoms with Gasteiger partial charge in [0.1, 0.15) is 0 Å². The van der Waals surface area contributed by atoms with Crippen LogP contribution in [0.1, 0.15) is 27.9 Å². The van der Waals surface area contributed by atoms with E-state index in [1.807, 2.05) is 0 Å². The van der Waals surface area contributed by atoms with Crippen LogP contribution in [0.25, 0.3) is 0 Å². The Balaban J connectivity index is 2.33. The molecule has 0 bridgehead atoms. The van der Waals surface area contributed by atoms with Gasteiger partial charge < -0.3 is 5.11 Å². The fraction of sp³-hybridized carbons (Fsp3) is 0.385. The SMILES string of the molecule is O=C1c2ccc(CO)cc2CCC1C(=O)C(F)(F)F. The third kappa shape index (κ3) is 2.53. The van der Waals surface area contributed by atoms with Gasteiger partial charge in [-0.15, -0.1) is 0 Å². The zero-order chi connectivity index (χ0) is 14.2. The Kier molecular flexibility index (Phi) is 3.45. The standard InChI is InChI=1S/C13H11F3O3/c14-13(15,16)12(19)10-4-2-8-5-7(6-17)1-3-9(8)11(10)18/h1,3,5,10,17H,2,4,6H2. The topological polar surface area (TPSA) is 54.4 Å². The molecule has 0 radical (unpaired) electrons. The molecule has 3 nitrogen and oxygen atoms in total. The lowest BCUT2D eigenvalue weighted by Gasteiger charge is -2.23. The normalized spacial score (nSPS) is 19.2. The number of hydrogen-bond acceptors (Lipinski definition) is 3. The Morgan fingerprint density at radius 2 is 2.05 bits per heavy atom. The van der Waals surface area contributed by atoms with Crippen LogP contribution in [0.15, 0.2) is 18.2 Å². The second kappa shape index (κ2) is 4.77. The Hall–Kier alpha value is -1.69. The number of fused-ring (bicyclic) bond motifs is 1. The first kappa shape index (κ1) is 13.7. The van der Waals surface area contributed by atoms with Crippen molar-refractivity contribution >= 4 is 11.6 Å². The second-order valence-electron chi connectivity index (χ2n) is 4.47. The minimum absolute atomic E-state index is 0.140. The van der Waals surface area contributed by atoms with Crippen molar-refractivity contribution in [1.29, 1.82) is 0 Å². The molecule has 1 unspecified atom stereocenters. The van der Waals surface area contributed by atoms with E-state index in [1.54, 1.807) is 6.07 Å². The predicted molar refractivity (Wildman–Crippen MR) is 59.6 cm³/mol. The van der Waals surface area contributed by atoms with Gasteiger partial charge in [0, 0.05) is 5.56 Å². The number of rotatable bonds is 2. The fourth-order valence-electron chi connectivity index (χ4n) is 2.26. The summed E-state index contributed by atoms with van der Waals surface area (Å²) in [6, 6.07) is 4.43. The zero-order valence-corrected chi connectivity index (χ0v) is 9.83. The van der Waals surface area contributed by atoms with Crippen LogP contribution >= 0.6 is 0 Å². The monoisotopic (exact) mass is 272 g/mol. The summed E-state index contributed by atoms with van der Waals surface area (Å²) in [4.78, 5) is 23.1. The molecule has 0 heterocycles. The van der Waals surface area contributed by atoms with Gasteiger partial charge in [0.2, 0.25) is 5.78 Å². The average molecular weight is 272 g/mol. The molecular formula is C13H11F3O3. The maximum atomic E-state index is 12.4. The molecule has 1 aliphatic rings. The van der Waals surface area contributed by atoms with Gasteiger partial charge in [-0.3, -0.25) is 9.59 Å². The second-order valence-corrected chi connectivity index (χ2v) is 4.47. The Morgan fingerprint density at radius 3 is 2.63 bits per heavy atom. The number of carbonyl (C=O) groups excluding carboxylic acids is 2. The number of aryl methyl sites for hydroxylation is 1. The van der Waals surface area contributed by atoms with Gasteiger partial charge in [0.05, 0.1) is 12.5 Å². The quantitative estimate of drug-likeness (QED) is 0.838. The number of Topliss-reactive ketones (excluding diaryl/α,β-unsaturated/α-hetero) is 2. The number of alkyl halides is 3. The molecule has 1 aromatic carbocycles. The van der Waals surface area contributed by atoms with E-state index < -0.39 is 23.7 Å². The Labute approximate surface area is 107 Å². The number of aliphatic hydroxyl groups is 1. The Bertz CT molecular complexity index is 534. The summed E-state index contributed by atoms with van der Waals surface area (Å²) >= 11 is 0. The number of hydrogen-bond donors (Lipinski definition) is 1. The number of benzene rings is 1. The summed E-state index contributed by atoms with van der Waals surface area (Å²) < 4.78 is 37.1. The van der Waals surface area contributed by atoms with Gasteiger partial charge in [-0.05, 0) is 24.0 Å². The van der Waals surface area contributed by atoms with Gasteiger partial charge >= 0.3 is 6.18 Å². The van der Waals surface area contributed by atoms with E-state index in [-0.39, 0.29) is 25.0 Å². The molecule has 102 valence electrons. The average Bonchev–Trinajstić information content (AvgIpc) is 2.37. The molecule has 1 N–H and O–H groups in total. The van der Waals surface area contributed by atoms with Crippen LogP contribution in [0.5, 0.6) is 0 Å². The van der Waals surface area contributed by atoms with Crippen LogP contribution in [-0.2, 0) is 17.8 Å². The molecule has 1 atom stereocenters. The molecule has 2 rings (SSSR count). The minimum Gasteiger partial charge on any atom is -0.392 e. The summed E-state index contributed by atoms with van der Waals surface area (Å²) in [5.41, 5.74) is 1.32. The molecule has 6 heteroatoms. The first-order valence-corrected chi connectivity index (χ1v) is 5.72. The van der Waals surface area contributed by atoms with E-state index in [2.05, 4.69) is 0 Å². The molecule has 19 heavy (non-hydrogen) atoms. The van der Waals surface area contributed by atoms with E-state index in [0.29, 0.717) is 11.1 Å². The highest BCUT2D eigenvalue weighted by Crippen LogP contribution is 2.31. The highest BCUT2D eigenvalue weighted by Gasteiger charge is 2.47. The lowest BCUT2D eigenvalue weighted by Crippen LogP contribution is -2.38. The summed E-state index contributed by atoms with van der Waals surface area (Å²) in [7, 11) is 0. The largest absolute Gasteiger partial charge is 0.450 e. The summed E-state index contributed by atoms with van der Waals surface area (Å²) in [5, 5.41) is 8.96. The number of carbonyl (C=O) groups is 2. The molecule has 0 fully saturated rings. The van der Waals surface area contributed by atoms with Crippen LogP contribution in [0.2, 0.25) is 0 Å². The highest BCUT2D eigenvalue weighted by atomic mass is 19.4. The fourth-order valence-corrected chi connectivity index (χ4v) is 2.26. The third-order valence-corrected chi connectivity index (χ3v) is 3.23. The zero-order valence-electron chi connectivity index (χ0n) is 9.83. The van der Waals surface area contributed by atoms with E-state index in [9.17, 15) is 22.8 Å². The van der Waals surface area contributed by atoms with Crippen molar-refractivity contribution in [3.8, 4) is 0 Å². The first-order valence-electron chi connectivity index (χ1n) is 5.72. The van der Waals surface area contributed by atoms with Crippen molar-refractivity contribution in [3.05, 3.63) is 34.9 Å².